The molecule has 0 amide bonds. The molecule has 5 nitrogen and oxygen atoms in total. The van der Waals surface area contributed by atoms with Gasteiger partial charge in [0.25, 0.3) is 0 Å². The molecule has 1 unspecified atom stereocenters. The van der Waals surface area contributed by atoms with Crippen molar-refractivity contribution in [2.24, 2.45) is 5.73 Å². The van der Waals surface area contributed by atoms with Crippen molar-refractivity contribution in [2.75, 3.05) is 26.7 Å². The molecule has 0 aliphatic rings. The molecule has 0 heterocycles. The lowest BCUT2D eigenvalue weighted by Crippen LogP contribution is -2.59. The molecule has 3 N–H and O–H groups in total. The SMILES string of the molecule is C=CCCCC[N+](C)([O-])NC(C)(C)CCOC(C)(C)CN. The third kappa shape index (κ3) is 10.8. The number of hydrogen-bond acceptors (Lipinski definition) is 4. The minimum Gasteiger partial charge on any atom is -0.612 e. The van der Waals surface area contributed by atoms with Crippen molar-refractivity contribution in [2.45, 2.75) is 64.5 Å². The highest BCUT2D eigenvalue weighted by Gasteiger charge is 2.26. The summed E-state index contributed by atoms with van der Waals surface area (Å²) in [4.78, 5) is 0. The highest BCUT2D eigenvalue weighted by Crippen LogP contribution is 2.16. The Labute approximate surface area is 130 Å². The van der Waals surface area contributed by atoms with Crippen molar-refractivity contribution in [1.29, 1.82) is 0 Å². The molecule has 0 aromatic rings. The first kappa shape index (κ1) is 20.5. The molecule has 0 spiro atoms. The van der Waals surface area contributed by atoms with Crippen molar-refractivity contribution < 1.29 is 9.49 Å². The maximum atomic E-state index is 12.4. The van der Waals surface area contributed by atoms with E-state index in [1.165, 1.54) is 0 Å². The van der Waals surface area contributed by atoms with E-state index in [-0.39, 0.29) is 11.1 Å². The molecular weight excluding hydrogens is 266 g/mol. The molecule has 0 radical (unpaired) electrons. The van der Waals surface area contributed by atoms with Gasteiger partial charge in [-0.1, -0.05) is 6.08 Å². The third-order valence-corrected chi connectivity index (χ3v) is 3.49. The number of nitrogens with one attached hydrogen (secondary N) is 1. The van der Waals surface area contributed by atoms with E-state index < -0.39 is 4.76 Å². The summed E-state index contributed by atoms with van der Waals surface area (Å²) < 4.78 is 5.33. The predicted octanol–water partition coefficient (Wildman–Crippen LogP) is 2.71. The zero-order chi connectivity index (χ0) is 16.6. The van der Waals surface area contributed by atoms with Gasteiger partial charge in [-0.15, -0.1) is 6.58 Å². The first-order chi connectivity index (χ1) is 9.54. The molecule has 126 valence electrons. The van der Waals surface area contributed by atoms with E-state index in [9.17, 15) is 5.21 Å². The molecule has 0 aliphatic carbocycles. The van der Waals surface area contributed by atoms with Gasteiger partial charge in [-0.2, -0.15) is 5.43 Å². The molecular formula is C16H35N3O2. The molecule has 21 heavy (non-hydrogen) atoms. The van der Waals surface area contributed by atoms with Gasteiger partial charge in [0.1, 0.15) is 0 Å². The summed E-state index contributed by atoms with van der Waals surface area (Å²) >= 11 is 0. The van der Waals surface area contributed by atoms with Gasteiger partial charge in [-0.3, -0.25) is 4.76 Å². The monoisotopic (exact) mass is 301 g/mol. The number of hydrogen-bond donors (Lipinski definition) is 2. The molecule has 5 heteroatoms. The Balaban J connectivity index is 4.15. The van der Waals surface area contributed by atoms with Crippen molar-refractivity contribution >= 4 is 0 Å². The second kappa shape index (κ2) is 8.86. The average molecular weight is 301 g/mol. The molecule has 0 fully saturated rings. The second-order valence-electron chi connectivity index (χ2n) is 7.17. The number of allylic oxidation sites excluding steroid dienone is 1. The van der Waals surface area contributed by atoms with E-state index in [2.05, 4.69) is 12.0 Å². The van der Waals surface area contributed by atoms with Crippen LogP contribution in [0.4, 0.5) is 0 Å². The first-order valence-corrected chi connectivity index (χ1v) is 7.84. The van der Waals surface area contributed by atoms with Crippen LogP contribution in [-0.4, -0.2) is 42.6 Å². The van der Waals surface area contributed by atoms with E-state index in [0.29, 0.717) is 19.7 Å². The molecule has 0 rings (SSSR count). The number of nitrogens with two attached hydrogens (primary N) is 1. The van der Waals surface area contributed by atoms with Gasteiger partial charge in [0.15, 0.2) is 0 Å². The van der Waals surface area contributed by atoms with Crippen molar-refractivity contribution in [1.82, 2.24) is 5.43 Å². The van der Waals surface area contributed by atoms with Gasteiger partial charge in [-0.25, -0.2) is 0 Å². The van der Waals surface area contributed by atoms with Crippen LogP contribution < -0.4 is 11.2 Å². The van der Waals surface area contributed by atoms with Crippen LogP contribution >= 0.6 is 0 Å². The van der Waals surface area contributed by atoms with Gasteiger partial charge in [0.2, 0.25) is 0 Å². The van der Waals surface area contributed by atoms with Gasteiger partial charge in [-0.05, 0) is 53.4 Å². The van der Waals surface area contributed by atoms with Crippen LogP contribution in [0.5, 0.6) is 0 Å². The predicted molar refractivity (Wildman–Crippen MR) is 89.4 cm³/mol. The fourth-order valence-electron chi connectivity index (χ4n) is 2.10. The van der Waals surface area contributed by atoms with Crippen LogP contribution in [-0.2, 0) is 4.74 Å². The summed E-state index contributed by atoms with van der Waals surface area (Å²) in [6.45, 7) is 13.3. The Kier molecular flexibility index (Phi) is 8.66. The molecule has 0 saturated heterocycles. The lowest BCUT2D eigenvalue weighted by molar-refractivity contribution is -0.912. The third-order valence-electron chi connectivity index (χ3n) is 3.49. The number of quaternary nitrogens is 1. The maximum absolute atomic E-state index is 12.4. The summed E-state index contributed by atoms with van der Waals surface area (Å²) in [6.07, 6.45) is 5.52. The number of unbranched alkanes of at least 4 members (excludes halogenated alkanes) is 2. The topological polar surface area (TPSA) is 70.3 Å². The Morgan fingerprint density at radius 2 is 1.90 bits per heavy atom. The van der Waals surface area contributed by atoms with Crippen LogP contribution in [0, 0.1) is 5.21 Å². The highest BCUT2D eigenvalue weighted by molar-refractivity contribution is 4.75. The van der Waals surface area contributed by atoms with Crippen LogP contribution in [0.15, 0.2) is 12.7 Å². The minimum atomic E-state index is -0.426. The first-order valence-electron chi connectivity index (χ1n) is 7.84. The quantitative estimate of drug-likeness (QED) is 0.252. The fraction of sp³-hybridized carbons (Fsp3) is 0.875. The van der Waals surface area contributed by atoms with E-state index in [1.54, 1.807) is 7.05 Å². The van der Waals surface area contributed by atoms with Gasteiger partial charge in [0, 0.05) is 13.2 Å². The second-order valence-corrected chi connectivity index (χ2v) is 7.17. The summed E-state index contributed by atoms with van der Waals surface area (Å²) in [5, 5.41) is 12.4. The molecule has 0 bridgehead atoms. The van der Waals surface area contributed by atoms with Gasteiger partial charge >= 0.3 is 0 Å². The number of nitrogens with zero attached hydrogens (tertiary/aromatic N) is 1. The smallest absolute Gasteiger partial charge is 0.0958 e. The molecule has 0 saturated carbocycles. The normalized spacial score (nSPS) is 15.8. The Morgan fingerprint density at radius 3 is 2.43 bits per heavy atom. The Bertz CT molecular complexity index is 302. The molecule has 0 aliphatic heterocycles. The van der Waals surface area contributed by atoms with Crippen molar-refractivity contribution in [3.05, 3.63) is 17.9 Å². The standard InChI is InChI=1S/C16H35N3O2/c1-7-8-9-10-12-19(6,20)18-15(2,3)11-13-21-16(4,5)14-17/h7,18H,1,8-14,17H2,2-6H3. The maximum Gasteiger partial charge on any atom is 0.0958 e. The van der Waals surface area contributed by atoms with Crippen molar-refractivity contribution in [3.63, 3.8) is 0 Å². The summed E-state index contributed by atoms with van der Waals surface area (Å²) in [5.74, 6) is 0. The van der Waals surface area contributed by atoms with Crippen LogP contribution in [0.3, 0.4) is 0 Å². The van der Waals surface area contributed by atoms with Gasteiger partial charge in [0.05, 0.1) is 24.7 Å². The summed E-state index contributed by atoms with van der Waals surface area (Å²) in [5.41, 5.74) is 8.21. The van der Waals surface area contributed by atoms with E-state index in [1.807, 2.05) is 33.8 Å². The number of ether oxygens (including phenoxy) is 1. The molecule has 1 atom stereocenters. The van der Waals surface area contributed by atoms with E-state index >= 15 is 0 Å². The Hall–Kier alpha value is -0.460. The van der Waals surface area contributed by atoms with E-state index in [0.717, 1.165) is 25.7 Å². The largest absolute Gasteiger partial charge is 0.612 e. The average Bonchev–Trinajstić information content (AvgIpc) is 2.33. The fourth-order valence-corrected chi connectivity index (χ4v) is 2.10. The highest BCUT2D eigenvalue weighted by atomic mass is 16.6. The Morgan fingerprint density at radius 1 is 1.29 bits per heavy atom. The lowest BCUT2D eigenvalue weighted by Gasteiger charge is -2.44. The van der Waals surface area contributed by atoms with Crippen LogP contribution in [0.2, 0.25) is 0 Å². The molecule has 0 aromatic heterocycles. The summed E-state index contributed by atoms with van der Waals surface area (Å²) in [6, 6.07) is 0. The van der Waals surface area contributed by atoms with E-state index in [4.69, 9.17) is 10.5 Å². The number of hydroxylamine groups is 2. The van der Waals surface area contributed by atoms with Crippen molar-refractivity contribution in [3.8, 4) is 0 Å². The zero-order valence-electron chi connectivity index (χ0n) is 14.6. The number of rotatable bonds is 12. The molecule has 0 aromatic carbocycles. The lowest BCUT2D eigenvalue weighted by atomic mass is 10.0. The summed E-state index contributed by atoms with van der Waals surface area (Å²) in [7, 11) is 1.67. The van der Waals surface area contributed by atoms with Gasteiger partial charge < -0.3 is 15.7 Å². The van der Waals surface area contributed by atoms with Crippen LogP contribution in [0.1, 0.15) is 53.4 Å². The zero-order valence-corrected chi connectivity index (χ0v) is 14.6. The van der Waals surface area contributed by atoms with Crippen LogP contribution in [0.25, 0.3) is 0 Å². The minimum absolute atomic E-state index is 0.278.